The Kier molecular flexibility index (Phi) is 5.02. The molecular weight excluding hydrogens is 356 g/mol. The summed E-state index contributed by atoms with van der Waals surface area (Å²) < 4.78 is 10.9. The Morgan fingerprint density at radius 2 is 2.11 bits per heavy atom. The molecule has 2 N–H and O–H groups in total. The summed E-state index contributed by atoms with van der Waals surface area (Å²) in [5.41, 5.74) is 1.70. The largest absolute Gasteiger partial charge is 0.479 e. The summed E-state index contributed by atoms with van der Waals surface area (Å²) >= 11 is 0. The molecule has 4 rings (SSSR count). The summed E-state index contributed by atoms with van der Waals surface area (Å²) in [5, 5.41) is 10.4. The molecule has 0 fully saturated rings. The maximum atomic E-state index is 12.1. The number of hydrogen-bond donors (Lipinski definition) is 2. The van der Waals surface area contributed by atoms with Crippen molar-refractivity contribution < 1.29 is 13.9 Å². The van der Waals surface area contributed by atoms with E-state index in [1.165, 1.54) is 0 Å². The number of furan rings is 1. The third kappa shape index (κ3) is 3.86. The maximum absolute atomic E-state index is 12.1. The zero-order valence-electron chi connectivity index (χ0n) is 14.8. The van der Waals surface area contributed by atoms with Crippen molar-refractivity contribution in [1.82, 2.24) is 20.5 Å². The van der Waals surface area contributed by atoms with Crippen LogP contribution in [0.2, 0.25) is 0 Å². The highest BCUT2D eigenvalue weighted by Crippen LogP contribution is 2.22. The van der Waals surface area contributed by atoms with Crippen LogP contribution in [0.4, 0.5) is 0 Å². The Morgan fingerprint density at radius 1 is 1.18 bits per heavy atom. The third-order valence-corrected chi connectivity index (χ3v) is 3.96. The molecule has 0 aliphatic heterocycles. The van der Waals surface area contributed by atoms with E-state index in [2.05, 4.69) is 32.3 Å². The molecule has 7 nitrogen and oxygen atoms in total. The van der Waals surface area contributed by atoms with Crippen LogP contribution in [0.25, 0.3) is 22.4 Å². The summed E-state index contributed by atoms with van der Waals surface area (Å²) in [7, 11) is 0. The van der Waals surface area contributed by atoms with E-state index >= 15 is 0 Å². The number of fused-ring (bicyclic) bond motifs is 1. The zero-order chi connectivity index (χ0) is 19.2. The third-order valence-electron chi connectivity index (χ3n) is 3.96. The minimum atomic E-state index is -0.317. The van der Waals surface area contributed by atoms with Crippen molar-refractivity contribution in [2.75, 3.05) is 13.2 Å². The molecular formula is C21H16N4O3. The quantitative estimate of drug-likeness (QED) is 0.525. The molecule has 0 saturated carbocycles. The minimum Gasteiger partial charge on any atom is -0.479 e. The van der Waals surface area contributed by atoms with Gasteiger partial charge in [-0.1, -0.05) is 30.0 Å². The molecule has 0 bridgehead atoms. The van der Waals surface area contributed by atoms with Gasteiger partial charge in [-0.25, -0.2) is 0 Å². The van der Waals surface area contributed by atoms with E-state index in [4.69, 9.17) is 9.15 Å². The van der Waals surface area contributed by atoms with Gasteiger partial charge in [0.05, 0.1) is 12.8 Å². The fourth-order valence-electron chi connectivity index (χ4n) is 2.63. The Morgan fingerprint density at radius 3 is 3.00 bits per heavy atom. The van der Waals surface area contributed by atoms with Gasteiger partial charge < -0.3 is 14.5 Å². The lowest BCUT2D eigenvalue weighted by molar-refractivity contribution is 0.0953. The van der Waals surface area contributed by atoms with Gasteiger partial charge in [-0.3, -0.25) is 14.9 Å². The first-order valence-electron chi connectivity index (χ1n) is 8.61. The minimum absolute atomic E-state index is 0.193. The number of nitrogens with zero attached hydrogens (tertiary/aromatic N) is 2. The first kappa shape index (κ1) is 17.4. The molecule has 3 aromatic heterocycles. The van der Waals surface area contributed by atoms with E-state index in [9.17, 15) is 4.79 Å². The molecule has 28 heavy (non-hydrogen) atoms. The van der Waals surface area contributed by atoms with Gasteiger partial charge in [-0.05, 0) is 24.3 Å². The topological polar surface area (TPSA) is 93.0 Å². The van der Waals surface area contributed by atoms with E-state index in [-0.39, 0.29) is 24.8 Å². The summed E-state index contributed by atoms with van der Waals surface area (Å²) in [6.07, 6.45) is 3.28. The van der Waals surface area contributed by atoms with E-state index in [0.717, 1.165) is 10.9 Å². The Bertz CT molecular complexity index is 1150. The molecule has 0 spiro atoms. The highest BCUT2D eigenvalue weighted by Gasteiger charge is 2.11. The number of pyridine rings is 1. The number of ether oxygens (including phenoxy) is 1. The van der Waals surface area contributed by atoms with Crippen molar-refractivity contribution in [1.29, 1.82) is 0 Å². The Balaban J connectivity index is 1.28. The van der Waals surface area contributed by atoms with Gasteiger partial charge in [-0.2, -0.15) is 5.10 Å². The fraction of sp³-hybridized carbons (Fsp3) is 0.0952. The molecule has 1 amide bonds. The molecule has 1 aromatic carbocycles. The van der Waals surface area contributed by atoms with Crippen LogP contribution in [-0.2, 0) is 0 Å². The van der Waals surface area contributed by atoms with Crippen molar-refractivity contribution in [3.8, 4) is 29.0 Å². The predicted octanol–water partition coefficient (Wildman–Crippen LogP) is 3.03. The molecule has 0 saturated heterocycles. The van der Waals surface area contributed by atoms with Crippen LogP contribution < -0.4 is 10.1 Å². The van der Waals surface area contributed by atoms with Crippen LogP contribution in [0.15, 0.2) is 65.4 Å². The van der Waals surface area contributed by atoms with Crippen LogP contribution in [0.1, 0.15) is 10.5 Å². The standard InChI is InChI=1S/C21H16N4O3/c26-21(17-14-16(24-25-17)18-9-5-13-27-18)23-10-1-2-12-28-19-8-3-6-15-7-4-11-22-20(15)19/h3-9,11,13-14H,10,12H2,(H,23,26)(H,24,25). The number of benzene rings is 1. The van der Waals surface area contributed by atoms with Crippen molar-refractivity contribution in [3.63, 3.8) is 0 Å². The first-order valence-corrected chi connectivity index (χ1v) is 8.61. The Hall–Kier alpha value is -4.05. The number of nitrogens with one attached hydrogen (secondary N) is 2. The summed E-state index contributed by atoms with van der Waals surface area (Å²) in [6.45, 7) is 0.398. The number of aromatic nitrogens is 3. The van der Waals surface area contributed by atoms with E-state index in [1.807, 2.05) is 30.3 Å². The molecule has 0 unspecified atom stereocenters. The highest BCUT2D eigenvalue weighted by atomic mass is 16.5. The van der Waals surface area contributed by atoms with Gasteiger partial charge in [0.15, 0.2) is 11.5 Å². The van der Waals surface area contributed by atoms with Crippen LogP contribution in [0.3, 0.4) is 0 Å². The van der Waals surface area contributed by atoms with Gasteiger partial charge in [-0.15, -0.1) is 0 Å². The molecule has 7 heteroatoms. The predicted molar refractivity (Wildman–Crippen MR) is 104 cm³/mol. The average molecular weight is 372 g/mol. The summed E-state index contributed by atoms with van der Waals surface area (Å²) in [5.74, 6) is 6.71. The molecule has 0 radical (unpaired) electrons. The van der Waals surface area contributed by atoms with Gasteiger partial charge in [0.1, 0.15) is 23.6 Å². The first-order chi connectivity index (χ1) is 13.8. The highest BCUT2D eigenvalue weighted by molar-refractivity contribution is 5.93. The SMILES string of the molecule is O=C(NCC#CCOc1cccc2cccnc12)c1cc(-c2ccco2)[nH]n1. The lowest BCUT2D eigenvalue weighted by Gasteiger charge is -2.05. The summed E-state index contributed by atoms with van der Waals surface area (Å²) in [4.78, 5) is 16.4. The smallest absolute Gasteiger partial charge is 0.272 e. The number of aromatic amines is 1. The molecule has 4 aromatic rings. The van der Waals surface area contributed by atoms with Gasteiger partial charge in [0.2, 0.25) is 0 Å². The van der Waals surface area contributed by atoms with Crippen molar-refractivity contribution in [2.24, 2.45) is 0 Å². The second-order valence-corrected chi connectivity index (χ2v) is 5.80. The van der Waals surface area contributed by atoms with E-state index in [1.54, 1.807) is 30.7 Å². The Labute approximate surface area is 160 Å². The number of carbonyl (C=O) groups excluding carboxylic acids is 1. The van der Waals surface area contributed by atoms with Gasteiger partial charge in [0.25, 0.3) is 5.91 Å². The number of amides is 1. The lowest BCUT2D eigenvalue weighted by atomic mass is 10.2. The van der Waals surface area contributed by atoms with Gasteiger partial charge >= 0.3 is 0 Å². The number of carbonyl (C=O) groups is 1. The average Bonchev–Trinajstić information content (AvgIpc) is 3.42. The molecule has 0 aliphatic rings. The second kappa shape index (κ2) is 8.10. The van der Waals surface area contributed by atoms with E-state index < -0.39 is 0 Å². The maximum Gasteiger partial charge on any atom is 0.272 e. The lowest BCUT2D eigenvalue weighted by Crippen LogP contribution is -2.24. The van der Waals surface area contributed by atoms with Crippen LogP contribution in [0, 0.1) is 11.8 Å². The monoisotopic (exact) mass is 372 g/mol. The van der Waals surface area contributed by atoms with Crippen LogP contribution in [-0.4, -0.2) is 34.2 Å². The molecule has 3 heterocycles. The second-order valence-electron chi connectivity index (χ2n) is 5.80. The number of hydrogen-bond acceptors (Lipinski definition) is 5. The fourth-order valence-corrected chi connectivity index (χ4v) is 2.63. The zero-order valence-corrected chi connectivity index (χ0v) is 14.8. The number of para-hydroxylation sites is 1. The number of H-pyrrole nitrogens is 1. The van der Waals surface area contributed by atoms with Crippen LogP contribution >= 0.6 is 0 Å². The molecule has 138 valence electrons. The van der Waals surface area contributed by atoms with Crippen molar-refractivity contribution in [3.05, 3.63) is 66.7 Å². The van der Waals surface area contributed by atoms with E-state index in [0.29, 0.717) is 17.2 Å². The van der Waals surface area contributed by atoms with Gasteiger partial charge in [0, 0.05) is 17.6 Å². The summed E-state index contributed by atoms with van der Waals surface area (Å²) in [6, 6.07) is 14.8. The normalized spacial score (nSPS) is 10.3. The van der Waals surface area contributed by atoms with Crippen LogP contribution in [0.5, 0.6) is 5.75 Å². The number of rotatable bonds is 5. The molecule has 0 aliphatic carbocycles. The van der Waals surface area contributed by atoms with Crippen molar-refractivity contribution in [2.45, 2.75) is 0 Å². The van der Waals surface area contributed by atoms with Crippen molar-refractivity contribution >= 4 is 16.8 Å². The molecule has 0 atom stereocenters.